The first-order valence-corrected chi connectivity index (χ1v) is 5.47. The lowest BCUT2D eigenvalue weighted by molar-refractivity contribution is 0.183. The lowest BCUT2D eigenvalue weighted by Gasteiger charge is -2.10. The fourth-order valence-corrected chi connectivity index (χ4v) is 1.70. The molecule has 0 aliphatic carbocycles. The van der Waals surface area contributed by atoms with Crippen molar-refractivity contribution in [1.29, 1.82) is 0 Å². The molecule has 2 heterocycles. The molecule has 0 spiro atoms. The van der Waals surface area contributed by atoms with Crippen molar-refractivity contribution in [3.63, 3.8) is 0 Å². The van der Waals surface area contributed by atoms with Gasteiger partial charge in [-0.1, -0.05) is 6.92 Å². The molecule has 1 saturated heterocycles. The Hall–Kier alpha value is -1.01. The van der Waals surface area contributed by atoms with Crippen LogP contribution >= 0.6 is 0 Å². The van der Waals surface area contributed by atoms with Crippen molar-refractivity contribution in [2.24, 2.45) is 0 Å². The monoisotopic (exact) mass is 211 g/mol. The van der Waals surface area contributed by atoms with E-state index in [1.54, 1.807) is 0 Å². The second-order valence-electron chi connectivity index (χ2n) is 3.73. The predicted octanol–water partition coefficient (Wildman–Crippen LogP) is 0.134. The largest absolute Gasteiger partial charge is 0.379 e. The summed E-state index contributed by atoms with van der Waals surface area (Å²) in [5, 5.41) is 15.0. The van der Waals surface area contributed by atoms with Gasteiger partial charge in [-0.25, -0.2) is 4.68 Å². The van der Waals surface area contributed by atoms with Crippen molar-refractivity contribution < 1.29 is 4.74 Å². The highest BCUT2D eigenvalue weighted by molar-refractivity contribution is 4.85. The predicted molar refractivity (Wildman–Crippen MR) is 54.3 cm³/mol. The normalized spacial score (nSPS) is 21.0. The lowest BCUT2D eigenvalue weighted by atomic mass is 10.2. The Morgan fingerprint density at radius 1 is 1.60 bits per heavy atom. The highest BCUT2D eigenvalue weighted by atomic mass is 16.5. The first kappa shape index (κ1) is 10.5. The van der Waals surface area contributed by atoms with Crippen LogP contribution in [0.2, 0.25) is 0 Å². The van der Waals surface area contributed by atoms with E-state index in [-0.39, 0.29) is 0 Å². The zero-order chi connectivity index (χ0) is 10.5. The molecule has 6 heteroatoms. The van der Waals surface area contributed by atoms with Crippen LogP contribution in [0, 0.1) is 0 Å². The van der Waals surface area contributed by atoms with Crippen LogP contribution in [-0.4, -0.2) is 40.0 Å². The van der Waals surface area contributed by atoms with Gasteiger partial charge >= 0.3 is 0 Å². The molecule has 1 aliphatic rings. The molecule has 0 aromatic carbocycles. The van der Waals surface area contributed by atoms with Gasteiger partial charge in [-0.2, -0.15) is 0 Å². The zero-order valence-electron chi connectivity index (χ0n) is 9.02. The van der Waals surface area contributed by atoms with E-state index < -0.39 is 0 Å². The van der Waals surface area contributed by atoms with Crippen molar-refractivity contribution >= 4 is 0 Å². The van der Waals surface area contributed by atoms with Crippen LogP contribution in [0.25, 0.3) is 0 Å². The van der Waals surface area contributed by atoms with Crippen molar-refractivity contribution in [3.8, 4) is 0 Å². The summed E-state index contributed by atoms with van der Waals surface area (Å²) >= 11 is 0. The van der Waals surface area contributed by atoms with Gasteiger partial charge in [0.2, 0.25) is 0 Å². The number of rotatable bonds is 5. The van der Waals surface area contributed by atoms with Gasteiger partial charge in [0.15, 0.2) is 5.82 Å². The van der Waals surface area contributed by atoms with Gasteiger partial charge in [0.05, 0.1) is 19.2 Å². The molecule has 1 unspecified atom stereocenters. The Balaban J connectivity index is 1.95. The van der Waals surface area contributed by atoms with Crippen LogP contribution in [0.4, 0.5) is 0 Å². The molecule has 1 aliphatic heterocycles. The molecule has 0 amide bonds. The number of hydrogen-bond acceptors (Lipinski definition) is 5. The number of nitrogens with zero attached hydrogens (tertiary/aromatic N) is 4. The fourth-order valence-electron chi connectivity index (χ4n) is 1.70. The van der Waals surface area contributed by atoms with E-state index in [0.717, 1.165) is 45.0 Å². The first-order valence-electron chi connectivity index (χ1n) is 5.47. The smallest absolute Gasteiger partial charge is 0.165 e. The molecular weight excluding hydrogens is 194 g/mol. The van der Waals surface area contributed by atoms with E-state index in [1.165, 1.54) is 0 Å². The van der Waals surface area contributed by atoms with E-state index in [4.69, 9.17) is 4.74 Å². The zero-order valence-corrected chi connectivity index (χ0v) is 9.02. The maximum Gasteiger partial charge on any atom is 0.165 e. The average molecular weight is 211 g/mol. The van der Waals surface area contributed by atoms with Gasteiger partial charge in [-0.05, 0) is 29.8 Å². The average Bonchev–Trinajstić information content (AvgIpc) is 2.87. The summed E-state index contributed by atoms with van der Waals surface area (Å²) in [5.41, 5.74) is 0. The molecule has 84 valence electrons. The minimum Gasteiger partial charge on any atom is -0.379 e. The van der Waals surface area contributed by atoms with Gasteiger partial charge in [0.1, 0.15) is 0 Å². The third kappa shape index (κ3) is 2.51. The lowest BCUT2D eigenvalue weighted by Crippen LogP contribution is -2.21. The fraction of sp³-hybridized carbons (Fsp3) is 0.889. The van der Waals surface area contributed by atoms with Crippen molar-refractivity contribution in [2.45, 2.75) is 32.4 Å². The highest BCUT2D eigenvalue weighted by Gasteiger charge is 2.21. The van der Waals surface area contributed by atoms with Crippen molar-refractivity contribution in [1.82, 2.24) is 25.5 Å². The summed E-state index contributed by atoms with van der Waals surface area (Å²) in [7, 11) is 0. The topological polar surface area (TPSA) is 64.9 Å². The highest BCUT2D eigenvalue weighted by Crippen LogP contribution is 2.17. The summed E-state index contributed by atoms with van der Waals surface area (Å²) in [6.07, 6.45) is 2.12. The molecule has 15 heavy (non-hydrogen) atoms. The summed E-state index contributed by atoms with van der Waals surface area (Å²) in [6.45, 7) is 5.41. The Morgan fingerprint density at radius 3 is 3.27 bits per heavy atom. The van der Waals surface area contributed by atoms with Crippen molar-refractivity contribution in [2.75, 3.05) is 19.8 Å². The van der Waals surface area contributed by atoms with Crippen LogP contribution in [-0.2, 0) is 11.3 Å². The summed E-state index contributed by atoms with van der Waals surface area (Å²) in [4.78, 5) is 0. The van der Waals surface area contributed by atoms with E-state index in [2.05, 4.69) is 27.8 Å². The van der Waals surface area contributed by atoms with Crippen LogP contribution in [0.3, 0.4) is 0 Å². The molecule has 0 saturated carbocycles. The van der Waals surface area contributed by atoms with Crippen LogP contribution in [0.15, 0.2) is 0 Å². The molecule has 1 fully saturated rings. The van der Waals surface area contributed by atoms with Gasteiger partial charge in [-0.3, -0.25) is 0 Å². The molecule has 1 N–H and O–H groups in total. The molecule has 0 bridgehead atoms. The minimum absolute atomic E-state index is 0.318. The van der Waals surface area contributed by atoms with Crippen LogP contribution in [0.1, 0.15) is 31.6 Å². The number of nitrogens with one attached hydrogen (secondary N) is 1. The number of aromatic nitrogens is 4. The third-order valence-electron chi connectivity index (χ3n) is 2.52. The summed E-state index contributed by atoms with van der Waals surface area (Å²) in [5.74, 6) is 0.902. The number of hydrogen-bond donors (Lipinski definition) is 1. The second-order valence-corrected chi connectivity index (χ2v) is 3.73. The van der Waals surface area contributed by atoms with Gasteiger partial charge in [-0.15, -0.1) is 5.10 Å². The Labute approximate surface area is 89.0 Å². The molecular formula is C9H17N5O. The van der Waals surface area contributed by atoms with E-state index in [0.29, 0.717) is 6.04 Å². The second kappa shape index (κ2) is 5.18. The quantitative estimate of drug-likeness (QED) is 0.701. The summed E-state index contributed by atoms with van der Waals surface area (Å²) < 4.78 is 7.21. The van der Waals surface area contributed by atoms with E-state index in [1.807, 2.05) is 4.68 Å². The Kier molecular flexibility index (Phi) is 3.63. The minimum atomic E-state index is 0.318. The maximum atomic E-state index is 5.32. The first-order chi connectivity index (χ1) is 7.42. The Bertz CT molecular complexity index is 294. The van der Waals surface area contributed by atoms with Crippen LogP contribution < -0.4 is 5.32 Å². The third-order valence-corrected chi connectivity index (χ3v) is 2.52. The maximum absolute atomic E-state index is 5.32. The molecule has 0 radical (unpaired) electrons. The molecule has 2 rings (SSSR count). The molecule has 6 nitrogen and oxygen atoms in total. The number of tetrazole rings is 1. The molecule has 1 atom stereocenters. The van der Waals surface area contributed by atoms with Gasteiger partial charge < -0.3 is 10.1 Å². The molecule has 1 aromatic heterocycles. The Morgan fingerprint density at radius 2 is 2.53 bits per heavy atom. The summed E-state index contributed by atoms with van der Waals surface area (Å²) in [6, 6.07) is 0.318. The SMILES string of the molecule is CCCNCc1nnnn1C1CCOC1. The van der Waals surface area contributed by atoms with E-state index >= 15 is 0 Å². The van der Waals surface area contributed by atoms with Crippen LogP contribution in [0.5, 0.6) is 0 Å². The number of ether oxygens (including phenoxy) is 1. The standard InChI is InChI=1S/C9H17N5O/c1-2-4-10-6-9-11-12-13-14(9)8-3-5-15-7-8/h8,10H,2-7H2,1H3. The molecule has 1 aromatic rings. The van der Waals surface area contributed by atoms with E-state index in [9.17, 15) is 0 Å². The van der Waals surface area contributed by atoms with Gasteiger partial charge in [0, 0.05) is 6.61 Å². The van der Waals surface area contributed by atoms with Crippen molar-refractivity contribution in [3.05, 3.63) is 5.82 Å². The van der Waals surface area contributed by atoms with Gasteiger partial charge in [0.25, 0.3) is 0 Å².